The molecular weight excluding hydrogens is 491 g/mol. The maximum atomic E-state index is 13.0. The maximum absolute atomic E-state index is 13.0. The Labute approximate surface area is 218 Å². The first-order valence-electron chi connectivity index (χ1n) is 12.0. The average Bonchev–Trinajstić information content (AvgIpc) is 2.89. The third-order valence-corrected chi connectivity index (χ3v) is 6.20. The second-order valence-electron chi connectivity index (χ2n) is 8.85. The summed E-state index contributed by atoms with van der Waals surface area (Å²) in [6.07, 6.45) is -2.81. The van der Waals surface area contributed by atoms with Gasteiger partial charge >= 0.3 is 6.18 Å². The molecule has 0 atom stereocenters. The number of nitrogen functional groups attached to an aromatic ring is 1. The molecule has 0 fully saturated rings. The van der Waals surface area contributed by atoms with Crippen molar-refractivity contribution in [2.75, 3.05) is 11.1 Å². The summed E-state index contributed by atoms with van der Waals surface area (Å²) in [5, 5.41) is 2.81. The van der Waals surface area contributed by atoms with E-state index in [0.29, 0.717) is 47.3 Å². The van der Waals surface area contributed by atoms with Crippen LogP contribution in [0.1, 0.15) is 34.3 Å². The number of para-hydroxylation sites is 2. The number of anilines is 2. The highest BCUT2D eigenvalue weighted by Crippen LogP contribution is 2.35. The molecule has 0 saturated heterocycles. The molecule has 0 radical (unpaired) electrons. The molecule has 0 spiro atoms. The van der Waals surface area contributed by atoms with Gasteiger partial charge in [0.1, 0.15) is 0 Å². The van der Waals surface area contributed by atoms with Crippen LogP contribution in [0.2, 0.25) is 0 Å². The van der Waals surface area contributed by atoms with E-state index in [1.807, 2.05) is 24.3 Å². The van der Waals surface area contributed by atoms with Crippen LogP contribution in [0.5, 0.6) is 0 Å². The second kappa shape index (κ2) is 11.2. The average molecular weight is 518 g/mol. The van der Waals surface area contributed by atoms with Gasteiger partial charge in [-0.3, -0.25) is 9.59 Å². The van der Waals surface area contributed by atoms with Gasteiger partial charge in [0.2, 0.25) is 11.8 Å². The van der Waals surface area contributed by atoms with Crippen LogP contribution in [0, 0.1) is 0 Å². The lowest BCUT2D eigenvalue weighted by atomic mass is 9.90. The molecule has 4 rings (SSSR count). The summed E-state index contributed by atoms with van der Waals surface area (Å²) in [5.74, 6) is -0.796. The number of amides is 2. The Hall–Kier alpha value is -4.59. The number of alkyl halides is 3. The van der Waals surface area contributed by atoms with Crippen LogP contribution in [0.15, 0.2) is 91.0 Å². The number of halogens is 3. The van der Waals surface area contributed by atoms with E-state index in [0.717, 1.165) is 23.3 Å². The Morgan fingerprint density at radius 2 is 1.34 bits per heavy atom. The molecule has 0 unspecified atom stereocenters. The Morgan fingerprint density at radius 1 is 0.763 bits per heavy atom. The summed E-state index contributed by atoms with van der Waals surface area (Å²) in [6.45, 7) is 0. The maximum Gasteiger partial charge on any atom is 0.416 e. The van der Waals surface area contributed by atoms with E-state index < -0.39 is 17.6 Å². The Balaban J connectivity index is 1.47. The molecule has 8 heteroatoms. The first-order valence-corrected chi connectivity index (χ1v) is 12.0. The number of hydrogen-bond acceptors (Lipinski definition) is 3. The summed E-state index contributed by atoms with van der Waals surface area (Å²) in [7, 11) is 0. The number of hydrogen-bond donors (Lipinski definition) is 3. The standard InChI is InChI=1S/C30H26F3N3O2/c31-30(32,33)22-17-15-21(16-18-22)24-7-4-6-23(28(24)29(35)38)20-13-11-19(12-14-20)5-3-10-27(37)36-26-9-2-1-8-25(26)34/h1-2,4,6-9,11-18H,3,5,10,34H2,(H2,35,38)(H,36,37). The highest BCUT2D eigenvalue weighted by atomic mass is 19.4. The van der Waals surface area contributed by atoms with E-state index >= 15 is 0 Å². The minimum absolute atomic E-state index is 0.120. The lowest BCUT2D eigenvalue weighted by molar-refractivity contribution is -0.137. The van der Waals surface area contributed by atoms with Gasteiger partial charge < -0.3 is 16.8 Å². The Bertz CT molecular complexity index is 1450. The van der Waals surface area contributed by atoms with Gasteiger partial charge in [-0.05, 0) is 64.9 Å². The Morgan fingerprint density at radius 3 is 1.89 bits per heavy atom. The smallest absolute Gasteiger partial charge is 0.397 e. The zero-order valence-electron chi connectivity index (χ0n) is 20.4. The number of rotatable bonds is 8. The minimum atomic E-state index is -4.45. The molecule has 5 N–H and O–H groups in total. The second-order valence-corrected chi connectivity index (χ2v) is 8.85. The van der Waals surface area contributed by atoms with Crippen molar-refractivity contribution in [2.24, 2.45) is 5.73 Å². The molecule has 4 aromatic carbocycles. The first-order chi connectivity index (χ1) is 18.1. The minimum Gasteiger partial charge on any atom is -0.397 e. The summed E-state index contributed by atoms with van der Waals surface area (Å²) in [6, 6.07) is 24.4. The number of nitrogens with one attached hydrogen (secondary N) is 1. The highest BCUT2D eigenvalue weighted by Gasteiger charge is 2.30. The van der Waals surface area contributed by atoms with Gasteiger partial charge in [-0.15, -0.1) is 0 Å². The predicted molar refractivity (Wildman–Crippen MR) is 143 cm³/mol. The topological polar surface area (TPSA) is 98.2 Å². The van der Waals surface area contributed by atoms with Crippen LogP contribution >= 0.6 is 0 Å². The number of primary amides is 1. The van der Waals surface area contributed by atoms with E-state index in [1.165, 1.54) is 12.1 Å². The number of carbonyl (C=O) groups is 2. The van der Waals surface area contributed by atoms with Crippen LogP contribution in [-0.2, 0) is 17.4 Å². The van der Waals surface area contributed by atoms with Crippen molar-refractivity contribution >= 4 is 23.2 Å². The van der Waals surface area contributed by atoms with Crippen LogP contribution in [0.4, 0.5) is 24.5 Å². The van der Waals surface area contributed by atoms with Crippen LogP contribution in [0.25, 0.3) is 22.3 Å². The van der Waals surface area contributed by atoms with Crippen molar-refractivity contribution in [2.45, 2.75) is 25.4 Å². The molecule has 0 heterocycles. The zero-order valence-corrected chi connectivity index (χ0v) is 20.4. The third-order valence-electron chi connectivity index (χ3n) is 6.20. The van der Waals surface area contributed by atoms with Crippen molar-refractivity contribution in [1.29, 1.82) is 0 Å². The normalized spacial score (nSPS) is 11.2. The number of aryl methyl sites for hydroxylation is 1. The van der Waals surface area contributed by atoms with Gasteiger partial charge in [-0.25, -0.2) is 0 Å². The number of carbonyl (C=O) groups excluding carboxylic acids is 2. The SMILES string of the molecule is NC(=O)c1c(-c2ccc(CCCC(=O)Nc3ccccc3N)cc2)cccc1-c1ccc(C(F)(F)F)cc1. The van der Waals surface area contributed by atoms with Crippen molar-refractivity contribution < 1.29 is 22.8 Å². The summed E-state index contributed by atoms with van der Waals surface area (Å²) in [5.41, 5.74) is 15.4. The Kier molecular flexibility index (Phi) is 7.81. The molecule has 0 aliphatic carbocycles. The lowest BCUT2D eigenvalue weighted by Crippen LogP contribution is -2.14. The molecule has 0 bridgehead atoms. The van der Waals surface area contributed by atoms with Crippen molar-refractivity contribution in [1.82, 2.24) is 0 Å². The molecule has 2 amide bonds. The largest absolute Gasteiger partial charge is 0.416 e. The molecule has 38 heavy (non-hydrogen) atoms. The molecule has 0 aromatic heterocycles. The predicted octanol–water partition coefficient (Wildman–Crippen LogP) is 6.68. The van der Waals surface area contributed by atoms with E-state index in [4.69, 9.17) is 11.5 Å². The van der Waals surface area contributed by atoms with E-state index in [9.17, 15) is 22.8 Å². The fraction of sp³-hybridized carbons (Fsp3) is 0.133. The van der Waals surface area contributed by atoms with Gasteiger partial charge in [0, 0.05) is 6.42 Å². The molecule has 194 valence electrons. The lowest BCUT2D eigenvalue weighted by Gasteiger charge is -2.14. The van der Waals surface area contributed by atoms with Gasteiger partial charge in [0.15, 0.2) is 0 Å². The van der Waals surface area contributed by atoms with Gasteiger partial charge in [0.25, 0.3) is 0 Å². The van der Waals surface area contributed by atoms with Gasteiger partial charge in [-0.1, -0.05) is 66.7 Å². The molecule has 4 aromatic rings. The fourth-order valence-electron chi connectivity index (χ4n) is 4.27. The quantitative estimate of drug-likeness (QED) is 0.227. The van der Waals surface area contributed by atoms with Crippen molar-refractivity contribution in [3.05, 3.63) is 108 Å². The van der Waals surface area contributed by atoms with Gasteiger partial charge in [-0.2, -0.15) is 13.2 Å². The number of nitrogens with two attached hydrogens (primary N) is 2. The van der Waals surface area contributed by atoms with Crippen LogP contribution in [-0.4, -0.2) is 11.8 Å². The molecule has 0 aliphatic rings. The fourth-order valence-corrected chi connectivity index (χ4v) is 4.27. The highest BCUT2D eigenvalue weighted by molar-refractivity contribution is 6.06. The summed E-state index contributed by atoms with van der Waals surface area (Å²) >= 11 is 0. The molecule has 5 nitrogen and oxygen atoms in total. The monoisotopic (exact) mass is 517 g/mol. The molecular formula is C30H26F3N3O2. The van der Waals surface area contributed by atoms with Crippen LogP contribution < -0.4 is 16.8 Å². The number of benzene rings is 4. The molecule has 0 saturated carbocycles. The van der Waals surface area contributed by atoms with Gasteiger partial charge in [0.05, 0.1) is 22.5 Å². The third kappa shape index (κ3) is 6.21. The summed E-state index contributed by atoms with van der Waals surface area (Å²) in [4.78, 5) is 24.7. The van der Waals surface area contributed by atoms with E-state index in [-0.39, 0.29) is 11.5 Å². The first kappa shape index (κ1) is 26.5. The van der Waals surface area contributed by atoms with Crippen LogP contribution in [0.3, 0.4) is 0 Å². The van der Waals surface area contributed by atoms with Crippen molar-refractivity contribution in [3.63, 3.8) is 0 Å². The molecule has 0 aliphatic heterocycles. The summed E-state index contributed by atoms with van der Waals surface area (Å²) < 4.78 is 38.9. The zero-order chi connectivity index (χ0) is 27.3. The van der Waals surface area contributed by atoms with Crippen molar-refractivity contribution in [3.8, 4) is 22.3 Å². The van der Waals surface area contributed by atoms with E-state index in [1.54, 1.807) is 42.5 Å². The van der Waals surface area contributed by atoms with E-state index in [2.05, 4.69) is 5.32 Å².